The maximum absolute atomic E-state index is 12.5. The van der Waals surface area contributed by atoms with Crippen molar-refractivity contribution in [3.8, 4) is 17.0 Å². The number of aromatic amines is 1. The van der Waals surface area contributed by atoms with Crippen molar-refractivity contribution < 1.29 is 27.4 Å². The van der Waals surface area contributed by atoms with E-state index in [1.165, 1.54) is 12.1 Å². The van der Waals surface area contributed by atoms with E-state index in [4.69, 9.17) is 4.74 Å². The van der Waals surface area contributed by atoms with Crippen LogP contribution in [0.5, 0.6) is 5.75 Å². The lowest BCUT2D eigenvalue weighted by Gasteiger charge is -2.18. The van der Waals surface area contributed by atoms with Crippen molar-refractivity contribution in [1.29, 1.82) is 0 Å². The van der Waals surface area contributed by atoms with Crippen LogP contribution in [0.4, 0.5) is 13.2 Å². The highest BCUT2D eigenvalue weighted by atomic mass is 19.4. The molecule has 0 aliphatic heterocycles. The van der Waals surface area contributed by atoms with Crippen LogP contribution >= 0.6 is 0 Å². The Labute approximate surface area is 197 Å². The Bertz CT molecular complexity index is 1510. The minimum absolute atomic E-state index is 0.212. The number of pyridine rings is 1. The van der Waals surface area contributed by atoms with Gasteiger partial charge in [0.05, 0.1) is 11.9 Å². The van der Waals surface area contributed by atoms with E-state index in [0.717, 1.165) is 27.3 Å². The summed E-state index contributed by atoms with van der Waals surface area (Å²) in [5, 5.41) is 9.55. The lowest BCUT2D eigenvalue weighted by atomic mass is 9.95. The van der Waals surface area contributed by atoms with E-state index >= 15 is 0 Å². The van der Waals surface area contributed by atoms with E-state index in [2.05, 4.69) is 19.9 Å². The summed E-state index contributed by atoms with van der Waals surface area (Å²) in [6, 6.07) is 21.5. The quantitative estimate of drug-likeness (QED) is 0.249. The van der Waals surface area contributed by atoms with Gasteiger partial charge in [-0.2, -0.15) is 18.3 Å². The van der Waals surface area contributed by atoms with E-state index in [9.17, 15) is 18.0 Å². The molecule has 9 heteroatoms. The first-order chi connectivity index (χ1) is 16.8. The zero-order chi connectivity index (χ0) is 24.6. The zero-order valence-corrected chi connectivity index (χ0v) is 18.3. The van der Waals surface area contributed by atoms with E-state index in [-0.39, 0.29) is 11.9 Å². The standard InChI is InChI=1S/C26H18F3N3O3/c1-34-23(16-5-3-2-4-6-16)17-9-12-19-20(13-17)21-14-30-32-24(21)31-22(19)15-7-10-18(11-8-15)35-25(33)26(27,28)29/h2-14,23H,1H3,(H,30,31,32). The lowest BCUT2D eigenvalue weighted by Crippen LogP contribution is -2.27. The van der Waals surface area contributed by atoms with Crippen LogP contribution in [0.25, 0.3) is 33.1 Å². The van der Waals surface area contributed by atoms with Crippen molar-refractivity contribution in [3.05, 3.63) is 90.1 Å². The normalized spacial score (nSPS) is 12.7. The lowest BCUT2D eigenvalue weighted by molar-refractivity contribution is -0.189. The summed E-state index contributed by atoms with van der Waals surface area (Å²) in [7, 11) is 1.65. The summed E-state index contributed by atoms with van der Waals surface area (Å²) in [6.07, 6.45) is -3.65. The van der Waals surface area contributed by atoms with Crippen LogP contribution in [0.15, 0.2) is 79.0 Å². The second kappa shape index (κ2) is 8.84. The van der Waals surface area contributed by atoms with Gasteiger partial charge in [0.1, 0.15) is 11.9 Å². The number of fused-ring (bicyclic) bond motifs is 3. The first-order valence-corrected chi connectivity index (χ1v) is 10.6. The molecule has 176 valence electrons. The number of methoxy groups -OCH3 is 1. The van der Waals surface area contributed by atoms with Gasteiger partial charge in [-0.05, 0) is 46.8 Å². The van der Waals surface area contributed by atoms with Crippen LogP contribution in [0.1, 0.15) is 17.2 Å². The number of carbonyl (C=O) groups excluding carboxylic acids is 1. The second-order valence-electron chi connectivity index (χ2n) is 7.84. The van der Waals surface area contributed by atoms with Crippen LogP contribution in [-0.2, 0) is 9.53 Å². The smallest absolute Gasteiger partial charge is 0.420 e. The third kappa shape index (κ3) is 4.33. The third-order valence-electron chi connectivity index (χ3n) is 5.64. The molecule has 5 aromatic rings. The first kappa shape index (κ1) is 22.5. The molecule has 0 bridgehead atoms. The molecule has 2 aromatic heterocycles. The van der Waals surface area contributed by atoms with Crippen LogP contribution in [0.3, 0.4) is 0 Å². The van der Waals surface area contributed by atoms with Crippen molar-refractivity contribution >= 4 is 27.8 Å². The number of ether oxygens (including phenoxy) is 2. The van der Waals surface area contributed by atoms with E-state index in [1.54, 1.807) is 25.4 Å². The van der Waals surface area contributed by atoms with Crippen LogP contribution in [-0.4, -0.2) is 34.4 Å². The van der Waals surface area contributed by atoms with E-state index in [1.807, 2.05) is 48.5 Å². The molecule has 0 aliphatic rings. The first-order valence-electron chi connectivity index (χ1n) is 10.6. The summed E-state index contributed by atoms with van der Waals surface area (Å²) in [5.41, 5.74) is 3.75. The van der Waals surface area contributed by atoms with Crippen molar-refractivity contribution in [1.82, 2.24) is 15.2 Å². The number of alkyl halides is 3. The molecule has 0 fully saturated rings. The summed E-state index contributed by atoms with van der Waals surface area (Å²) >= 11 is 0. The Morgan fingerprint density at radius 2 is 1.66 bits per heavy atom. The minimum Gasteiger partial charge on any atom is -0.420 e. The molecule has 0 amide bonds. The molecule has 1 unspecified atom stereocenters. The Morgan fingerprint density at radius 3 is 2.34 bits per heavy atom. The monoisotopic (exact) mass is 477 g/mol. The zero-order valence-electron chi connectivity index (χ0n) is 18.3. The predicted molar refractivity (Wildman–Crippen MR) is 124 cm³/mol. The number of H-pyrrole nitrogens is 1. The van der Waals surface area contributed by atoms with Gasteiger partial charge in [-0.1, -0.05) is 42.5 Å². The van der Waals surface area contributed by atoms with Gasteiger partial charge in [0.15, 0.2) is 5.65 Å². The number of nitrogens with one attached hydrogen (secondary N) is 1. The fourth-order valence-corrected chi connectivity index (χ4v) is 4.05. The Balaban J connectivity index is 1.58. The van der Waals surface area contributed by atoms with Crippen molar-refractivity contribution in [2.45, 2.75) is 12.3 Å². The second-order valence-corrected chi connectivity index (χ2v) is 7.84. The molecule has 2 heterocycles. The molecule has 3 aromatic carbocycles. The number of hydrogen-bond acceptors (Lipinski definition) is 5. The third-order valence-corrected chi connectivity index (χ3v) is 5.64. The SMILES string of the molecule is COC(c1ccccc1)c1ccc2c(-c3ccc(OC(=O)C(F)(F)F)cc3)nc3[nH]ncc3c2c1. The van der Waals surface area contributed by atoms with E-state index < -0.39 is 12.1 Å². The molecule has 0 saturated carbocycles. The van der Waals surface area contributed by atoms with Crippen LogP contribution < -0.4 is 4.74 Å². The molecule has 5 rings (SSSR count). The molecule has 6 nitrogen and oxygen atoms in total. The topological polar surface area (TPSA) is 77.1 Å². The average molecular weight is 477 g/mol. The molecule has 0 spiro atoms. The number of benzene rings is 3. The number of rotatable bonds is 5. The fraction of sp³-hybridized carbons (Fsp3) is 0.115. The summed E-state index contributed by atoms with van der Waals surface area (Å²) in [4.78, 5) is 15.8. The number of halogens is 3. The number of aromatic nitrogens is 3. The highest BCUT2D eigenvalue weighted by molar-refractivity contribution is 6.10. The van der Waals surface area contributed by atoms with Gasteiger partial charge in [-0.15, -0.1) is 0 Å². The highest BCUT2D eigenvalue weighted by Crippen LogP contribution is 2.36. The molecular weight excluding hydrogens is 459 g/mol. The average Bonchev–Trinajstić information content (AvgIpc) is 3.34. The molecule has 1 N–H and O–H groups in total. The van der Waals surface area contributed by atoms with Gasteiger partial charge in [-0.3, -0.25) is 5.10 Å². The van der Waals surface area contributed by atoms with Gasteiger partial charge < -0.3 is 9.47 Å². The van der Waals surface area contributed by atoms with Gasteiger partial charge >= 0.3 is 12.1 Å². The number of carbonyl (C=O) groups is 1. The van der Waals surface area contributed by atoms with Crippen LogP contribution in [0, 0.1) is 0 Å². The maximum Gasteiger partial charge on any atom is 0.491 e. The van der Waals surface area contributed by atoms with Crippen LogP contribution in [0.2, 0.25) is 0 Å². The molecule has 1 atom stereocenters. The summed E-state index contributed by atoms with van der Waals surface area (Å²) in [5.74, 6) is -2.48. The van der Waals surface area contributed by atoms with Gasteiger partial charge in [-0.25, -0.2) is 9.78 Å². The molecule has 0 aliphatic carbocycles. The maximum atomic E-state index is 12.5. The number of esters is 1. The largest absolute Gasteiger partial charge is 0.491 e. The Hall–Kier alpha value is -4.24. The van der Waals surface area contributed by atoms with Gasteiger partial charge in [0, 0.05) is 23.4 Å². The summed E-state index contributed by atoms with van der Waals surface area (Å²) in [6.45, 7) is 0. The van der Waals surface area contributed by atoms with E-state index in [0.29, 0.717) is 16.9 Å². The number of hydrogen-bond donors (Lipinski definition) is 1. The predicted octanol–water partition coefficient (Wildman–Crippen LogP) is 5.98. The van der Waals surface area contributed by atoms with Crippen molar-refractivity contribution in [2.75, 3.05) is 7.11 Å². The van der Waals surface area contributed by atoms with Gasteiger partial charge in [0.2, 0.25) is 0 Å². The number of nitrogens with zero attached hydrogens (tertiary/aromatic N) is 2. The Morgan fingerprint density at radius 1 is 0.914 bits per heavy atom. The summed E-state index contributed by atoms with van der Waals surface area (Å²) < 4.78 is 47.7. The Kier molecular flexibility index (Phi) is 5.70. The molecule has 35 heavy (non-hydrogen) atoms. The molecular formula is C26H18F3N3O3. The van der Waals surface area contributed by atoms with Gasteiger partial charge in [0.25, 0.3) is 0 Å². The minimum atomic E-state index is -5.07. The molecule has 0 saturated heterocycles. The molecule has 0 radical (unpaired) electrons. The fourth-order valence-electron chi connectivity index (χ4n) is 4.05. The van der Waals surface area contributed by atoms with Crippen molar-refractivity contribution in [2.24, 2.45) is 0 Å². The van der Waals surface area contributed by atoms with Crippen molar-refractivity contribution in [3.63, 3.8) is 0 Å². The highest BCUT2D eigenvalue weighted by Gasteiger charge is 2.41.